The third kappa shape index (κ3) is 3.23. The highest BCUT2D eigenvalue weighted by molar-refractivity contribution is 5.92. The van der Waals surface area contributed by atoms with Crippen LogP contribution >= 0.6 is 0 Å². The summed E-state index contributed by atoms with van der Waals surface area (Å²) in [6.07, 6.45) is 0. The molecule has 0 atom stereocenters. The zero-order valence-electron chi connectivity index (χ0n) is 15.5. The van der Waals surface area contributed by atoms with Gasteiger partial charge in [-0.05, 0) is 46.5 Å². The maximum Gasteiger partial charge on any atom is 0.133 e. The predicted molar refractivity (Wildman–Crippen MR) is 114 cm³/mol. The third-order valence-corrected chi connectivity index (χ3v) is 4.84. The highest BCUT2D eigenvalue weighted by Gasteiger charge is 2.17. The van der Waals surface area contributed by atoms with Gasteiger partial charge < -0.3 is 10.5 Å². The lowest BCUT2D eigenvalue weighted by molar-refractivity contribution is 0.416. The molecule has 2 nitrogen and oxygen atoms in total. The molecule has 0 saturated carbocycles. The van der Waals surface area contributed by atoms with Gasteiger partial charge in [0, 0.05) is 16.8 Å². The number of anilines is 1. The van der Waals surface area contributed by atoms with Gasteiger partial charge in [-0.15, -0.1) is 0 Å². The highest BCUT2D eigenvalue weighted by Crippen LogP contribution is 2.42. The van der Waals surface area contributed by atoms with Crippen molar-refractivity contribution in [1.82, 2.24) is 0 Å². The van der Waals surface area contributed by atoms with Crippen molar-refractivity contribution in [3.63, 3.8) is 0 Å². The second-order valence-corrected chi connectivity index (χ2v) is 6.53. The number of nitrogens with two attached hydrogens (primary N) is 1. The zero-order valence-corrected chi connectivity index (χ0v) is 15.5. The van der Waals surface area contributed by atoms with E-state index >= 15 is 0 Å². The molecule has 0 unspecified atom stereocenters. The molecule has 0 aliphatic heterocycles. The summed E-state index contributed by atoms with van der Waals surface area (Å²) in [6, 6.07) is 28.6. The van der Waals surface area contributed by atoms with Crippen LogP contribution in [0.15, 0.2) is 91.0 Å². The maximum absolute atomic E-state index is 14.7. The van der Waals surface area contributed by atoms with Crippen molar-refractivity contribution >= 4 is 5.69 Å². The van der Waals surface area contributed by atoms with E-state index in [9.17, 15) is 4.39 Å². The fraction of sp³-hybridized carbons (Fsp3) is 0.0400. The van der Waals surface area contributed by atoms with Crippen LogP contribution in [0, 0.1) is 5.82 Å². The van der Waals surface area contributed by atoms with Gasteiger partial charge >= 0.3 is 0 Å². The normalized spacial score (nSPS) is 10.6. The van der Waals surface area contributed by atoms with Crippen LogP contribution < -0.4 is 10.5 Å². The molecular formula is C25H20FNO. The smallest absolute Gasteiger partial charge is 0.133 e. The van der Waals surface area contributed by atoms with Crippen LogP contribution in [0.3, 0.4) is 0 Å². The van der Waals surface area contributed by atoms with E-state index in [2.05, 4.69) is 18.2 Å². The van der Waals surface area contributed by atoms with E-state index in [4.69, 9.17) is 10.5 Å². The SMILES string of the molecule is COc1ccccc1-c1cc(-c2ccccc2)ccc1-c1c(N)cccc1F. The Morgan fingerprint density at radius 3 is 2.18 bits per heavy atom. The van der Waals surface area contributed by atoms with Gasteiger partial charge in [-0.1, -0.05) is 66.7 Å². The van der Waals surface area contributed by atoms with Gasteiger partial charge in [0.15, 0.2) is 0 Å². The highest BCUT2D eigenvalue weighted by atomic mass is 19.1. The van der Waals surface area contributed by atoms with Crippen molar-refractivity contribution in [2.24, 2.45) is 0 Å². The Labute approximate surface area is 164 Å². The number of nitrogen functional groups attached to an aromatic ring is 1. The number of methoxy groups -OCH3 is 1. The minimum absolute atomic E-state index is 0.344. The fourth-order valence-corrected chi connectivity index (χ4v) is 3.49. The first-order valence-electron chi connectivity index (χ1n) is 9.06. The Hall–Kier alpha value is -3.59. The van der Waals surface area contributed by atoms with E-state index in [-0.39, 0.29) is 5.82 Å². The zero-order chi connectivity index (χ0) is 19.5. The first-order valence-corrected chi connectivity index (χ1v) is 9.06. The lowest BCUT2D eigenvalue weighted by Crippen LogP contribution is -1.97. The molecule has 4 aromatic carbocycles. The second kappa shape index (κ2) is 7.57. The van der Waals surface area contributed by atoms with Crippen LogP contribution in [-0.2, 0) is 0 Å². The van der Waals surface area contributed by atoms with Crippen molar-refractivity contribution < 1.29 is 9.13 Å². The summed E-state index contributed by atoms with van der Waals surface area (Å²) in [6.45, 7) is 0. The number of hydrogen-bond donors (Lipinski definition) is 1. The van der Waals surface area contributed by atoms with Gasteiger partial charge in [0.25, 0.3) is 0 Å². The molecule has 0 aliphatic carbocycles. The van der Waals surface area contributed by atoms with Crippen molar-refractivity contribution in [3.05, 3.63) is 96.8 Å². The van der Waals surface area contributed by atoms with E-state index in [1.165, 1.54) is 6.07 Å². The standard InChI is InChI=1S/C25H20FNO/c1-28-24-13-6-5-10-19(24)21-16-18(17-8-3-2-4-9-17)14-15-20(21)25-22(26)11-7-12-23(25)27/h2-16H,27H2,1H3. The van der Waals surface area contributed by atoms with Crippen LogP contribution in [-0.4, -0.2) is 7.11 Å². The molecule has 0 aromatic heterocycles. The van der Waals surface area contributed by atoms with E-state index < -0.39 is 0 Å². The van der Waals surface area contributed by atoms with Gasteiger partial charge in [-0.2, -0.15) is 0 Å². The molecule has 28 heavy (non-hydrogen) atoms. The number of hydrogen-bond acceptors (Lipinski definition) is 2. The molecular weight excluding hydrogens is 349 g/mol. The predicted octanol–water partition coefficient (Wildman–Crippen LogP) is 6.42. The molecule has 0 heterocycles. The number of ether oxygens (including phenoxy) is 1. The molecule has 3 heteroatoms. The summed E-state index contributed by atoms with van der Waals surface area (Å²) in [4.78, 5) is 0. The molecule has 0 radical (unpaired) electrons. The van der Waals surface area contributed by atoms with Crippen LogP contribution in [0.2, 0.25) is 0 Å². The quantitative estimate of drug-likeness (QED) is 0.421. The van der Waals surface area contributed by atoms with Crippen molar-refractivity contribution in [2.75, 3.05) is 12.8 Å². The van der Waals surface area contributed by atoms with Gasteiger partial charge in [0.05, 0.1) is 7.11 Å². The molecule has 2 N–H and O–H groups in total. The lowest BCUT2D eigenvalue weighted by atomic mass is 9.90. The third-order valence-electron chi connectivity index (χ3n) is 4.84. The average molecular weight is 369 g/mol. The molecule has 0 spiro atoms. The molecule has 0 aliphatic rings. The van der Waals surface area contributed by atoms with Crippen molar-refractivity contribution in [2.45, 2.75) is 0 Å². The molecule has 0 bridgehead atoms. The summed E-state index contributed by atoms with van der Waals surface area (Å²) in [5.74, 6) is 0.382. The Bertz CT molecular complexity index is 1100. The number of benzene rings is 4. The van der Waals surface area contributed by atoms with E-state index in [0.29, 0.717) is 11.3 Å². The molecule has 0 saturated heterocycles. The van der Waals surface area contributed by atoms with Crippen LogP contribution in [0.4, 0.5) is 10.1 Å². The van der Waals surface area contributed by atoms with Gasteiger partial charge in [-0.25, -0.2) is 4.39 Å². The molecule has 0 amide bonds. The molecule has 4 rings (SSSR count). The summed E-state index contributed by atoms with van der Waals surface area (Å²) in [5.41, 5.74) is 11.6. The Morgan fingerprint density at radius 2 is 1.43 bits per heavy atom. The van der Waals surface area contributed by atoms with E-state index in [1.54, 1.807) is 19.2 Å². The fourth-order valence-electron chi connectivity index (χ4n) is 3.49. The average Bonchev–Trinajstić information content (AvgIpc) is 2.74. The van der Waals surface area contributed by atoms with Crippen LogP contribution in [0.1, 0.15) is 0 Å². The minimum atomic E-state index is -0.344. The lowest BCUT2D eigenvalue weighted by Gasteiger charge is -2.17. The number of rotatable bonds is 4. The summed E-state index contributed by atoms with van der Waals surface area (Å²) in [5, 5.41) is 0. The minimum Gasteiger partial charge on any atom is -0.496 e. The first-order chi connectivity index (χ1) is 13.7. The van der Waals surface area contributed by atoms with Gasteiger partial charge in [0.1, 0.15) is 11.6 Å². The largest absolute Gasteiger partial charge is 0.496 e. The van der Waals surface area contributed by atoms with Crippen LogP contribution in [0.5, 0.6) is 5.75 Å². The Morgan fingerprint density at radius 1 is 0.679 bits per heavy atom. The summed E-state index contributed by atoms with van der Waals surface area (Å²) in [7, 11) is 1.64. The summed E-state index contributed by atoms with van der Waals surface area (Å²) < 4.78 is 20.3. The molecule has 0 fully saturated rings. The monoisotopic (exact) mass is 369 g/mol. The topological polar surface area (TPSA) is 35.2 Å². The van der Waals surface area contributed by atoms with Crippen molar-refractivity contribution in [1.29, 1.82) is 0 Å². The van der Waals surface area contributed by atoms with Gasteiger partial charge in [0.2, 0.25) is 0 Å². The summed E-state index contributed by atoms with van der Waals surface area (Å²) >= 11 is 0. The second-order valence-electron chi connectivity index (χ2n) is 6.53. The Kier molecular flexibility index (Phi) is 4.81. The molecule has 138 valence electrons. The number of para-hydroxylation sites is 1. The van der Waals surface area contributed by atoms with E-state index in [0.717, 1.165) is 33.6 Å². The van der Waals surface area contributed by atoms with Crippen molar-refractivity contribution in [3.8, 4) is 39.1 Å². The molecule has 4 aromatic rings. The van der Waals surface area contributed by atoms with Crippen LogP contribution in [0.25, 0.3) is 33.4 Å². The Balaban J connectivity index is 2.02. The number of halogens is 1. The van der Waals surface area contributed by atoms with E-state index in [1.807, 2.05) is 54.6 Å². The maximum atomic E-state index is 14.7. The first kappa shape index (κ1) is 17.8. The van der Waals surface area contributed by atoms with Gasteiger partial charge in [-0.3, -0.25) is 0 Å².